The van der Waals surface area contributed by atoms with E-state index in [2.05, 4.69) is 4.74 Å². The van der Waals surface area contributed by atoms with Gasteiger partial charge in [-0.05, 0) is 5.56 Å². The number of esters is 2. The lowest BCUT2D eigenvalue weighted by Crippen LogP contribution is -2.50. The second-order valence-electron chi connectivity index (χ2n) is 5.52. The number of methoxy groups -OCH3 is 3. The van der Waals surface area contributed by atoms with Gasteiger partial charge in [0.05, 0.1) is 26.2 Å². The van der Waals surface area contributed by atoms with Crippen molar-refractivity contribution in [3.63, 3.8) is 0 Å². The molecule has 1 aromatic carbocycles. The van der Waals surface area contributed by atoms with E-state index >= 15 is 0 Å². The standard InChI is InChI=1S/C18H26O8/c1-12(19)26-17(18(23-3)24-4)16(14(20)10-15(21)22-2)25-11-13-8-6-5-7-9-13/h5-9,14,16-18,20H,10-11H2,1-4H3. The Balaban J connectivity index is 3.03. The molecule has 0 aliphatic heterocycles. The molecule has 0 radical (unpaired) electrons. The highest BCUT2D eigenvalue weighted by atomic mass is 16.7. The summed E-state index contributed by atoms with van der Waals surface area (Å²) in [6, 6.07) is 9.23. The van der Waals surface area contributed by atoms with Crippen LogP contribution in [0.1, 0.15) is 18.9 Å². The molecule has 0 saturated heterocycles. The third-order valence-corrected chi connectivity index (χ3v) is 3.63. The van der Waals surface area contributed by atoms with Gasteiger partial charge in [0.2, 0.25) is 0 Å². The van der Waals surface area contributed by atoms with Gasteiger partial charge >= 0.3 is 11.9 Å². The Morgan fingerprint density at radius 3 is 2.15 bits per heavy atom. The van der Waals surface area contributed by atoms with Gasteiger partial charge in [-0.15, -0.1) is 0 Å². The molecular formula is C18H26O8. The van der Waals surface area contributed by atoms with E-state index < -0.39 is 36.5 Å². The quantitative estimate of drug-likeness (QED) is 0.456. The Morgan fingerprint density at radius 2 is 1.65 bits per heavy atom. The monoisotopic (exact) mass is 370 g/mol. The molecule has 3 unspecified atom stereocenters. The molecule has 0 saturated carbocycles. The first-order chi connectivity index (χ1) is 12.4. The maximum Gasteiger partial charge on any atom is 0.308 e. The molecule has 26 heavy (non-hydrogen) atoms. The summed E-state index contributed by atoms with van der Waals surface area (Å²) in [5.41, 5.74) is 0.843. The van der Waals surface area contributed by atoms with Crippen molar-refractivity contribution in [3.05, 3.63) is 35.9 Å². The number of hydrogen-bond acceptors (Lipinski definition) is 8. The summed E-state index contributed by atoms with van der Waals surface area (Å²) in [7, 11) is 3.95. The number of aliphatic hydroxyl groups is 1. The van der Waals surface area contributed by atoms with Crippen LogP contribution in [0.25, 0.3) is 0 Å². The normalized spacial score (nSPS) is 14.5. The maximum absolute atomic E-state index is 11.5. The van der Waals surface area contributed by atoms with Crippen molar-refractivity contribution < 1.29 is 38.4 Å². The predicted octanol–water partition coefficient (Wildman–Crippen LogP) is 1.05. The second kappa shape index (κ2) is 11.6. The first-order valence-electron chi connectivity index (χ1n) is 8.06. The highest BCUT2D eigenvalue weighted by Gasteiger charge is 2.39. The van der Waals surface area contributed by atoms with E-state index in [1.807, 2.05) is 30.3 Å². The molecule has 3 atom stereocenters. The highest BCUT2D eigenvalue weighted by molar-refractivity contribution is 5.70. The van der Waals surface area contributed by atoms with E-state index in [0.29, 0.717) is 0 Å². The lowest BCUT2D eigenvalue weighted by Gasteiger charge is -2.33. The molecule has 8 nitrogen and oxygen atoms in total. The van der Waals surface area contributed by atoms with Crippen LogP contribution < -0.4 is 0 Å². The maximum atomic E-state index is 11.5. The van der Waals surface area contributed by atoms with E-state index in [9.17, 15) is 14.7 Å². The van der Waals surface area contributed by atoms with Gasteiger partial charge < -0.3 is 28.8 Å². The van der Waals surface area contributed by atoms with Crippen molar-refractivity contribution in [2.45, 2.75) is 44.6 Å². The molecule has 0 fully saturated rings. The number of benzene rings is 1. The molecule has 0 heterocycles. The Morgan fingerprint density at radius 1 is 1.04 bits per heavy atom. The van der Waals surface area contributed by atoms with Gasteiger partial charge in [0.15, 0.2) is 12.4 Å². The zero-order chi connectivity index (χ0) is 19.5. The van der Waals surface area contributed by atoms with Crippen LogP contribution >= 0.6 is 0 Å². The number of ether oxygens (including phenoxy) is 5. The van der Waals surface area contributed by atoms with Crippen molar-refractivity contribution in [2.75, 3.05) is 21.3 Å². The Kier molecular flexibility index (Phi) is 9.82. The zero-order valence-corrected chi connectivity index (χ0v) is 15.4. The van der Waals surface area contributed by atoms with E-state index in [-0.39, 0.29) is 13.0 Å². The van der Waals surface area contributed by atoms with Gasteiger partial charge in [-0.2, -0.15) is 0 Å². The molecule has 0 amide bonds. The fourth-order valence-electron chi connectivity index (χ4n) is 2.40. The van der Waals surface area contributed by atoms with Crippen molar-refractivity contribution in [1.82, 2.24) is 0 Å². The summed E-state index contributed by atoms with van der Waals surface area (Å²) in [5.74, 6) is -1.23. The van der Waals surface area contributed by atoms with E-state index in [1.165, 1.54) is 28.3 Å². The van der Waals surface area contributed by atoms with Gasteiger partial charge in [-0.25, -0.2) is 0 Å². The van der Waals surface area contributed by atoms with Gasteiger partial charge in [-0.1, -0.05) is 30.3 Å². The van der Waals surface area contributed by atoms with Crippen LogP contribution in [0.2, 0.25) is 0 Å². The van der Waals surface area contributed by atoms with Crippen LogP contribution in [-0.2, 0) is 39.9 Å². The number of carbonyl (C=O) groups excluding carboxylic acids is 2. The lowest BCUT2D eigenvalue weighted by molar-refractivity contribution is -0.230. The third kappa shape index (κ3) is 7.09. The summed E-state index contributed by atoms with van der Waals surface area (Å²) in [6.07, 6.45) is -4.81. The summed E-state index contributed by atoms with van der Waals surface area (Å²) in [6.45, 7) is 1.35. The summed E-state index contributed by atoms with van der Waals surface area (Å²) < 4.78 is 26.0. The van der Waals surface area contributed by atoms with Crippen LogP contribution in [0.5, 0.6) is 0 Å². The van der Waals surface area contributed by atoms with E-state index in [1.54, 1.807) is 0 Å². The smallest absolute Gasteiger partial charge is 0.308 e. The van der Waals surface area contributed by atoms with Gasteiger partial charge in [0, 0.05) is 21.1 Å². The van der Waals surface area contributed by atoms with E-state index in [0.717, 1.165) is 5.56 Å². The highest BCUT2D eigenvalue weighted by Crippen LogP contribution is 2.20. The topological polar surface area (TPSA) is 101 Å². The van der Waals surface area contributed by atoms with Gasteiger partial charge in [0.1, 0.15) is 6.10 Å². The number of aliphatic hydroxyl groups excluding tert-OH is 1. The van der Waals surface area contributed by atoms with Crippen molar-refractivity contribution in [3.8, 4) is 0 Å². The molecule has 0 aliphatic carbocycles. The average Bonchev–Trinajstić information content (AvgIpc) is 2.63. The number of hydrogen-bond donors (Lipinski definition) is 1. The Bertz CT molecular complexity index is 543. The van der Waals surface area contributed by atoms with Crippen molar-refractivity contribution in [2.24, 2.45) is 0 Å². The predicted molar refractivity (Wildman–Crippen MR) is 91.0 cm³/mol. The van der Waals surface area contributed by atoms with Crippen LogP contribution in [0, 0.1) is 0 Å². The first-order valence-corrected chi connectivity index (χ1v) is 8.06. The van der Waals surface area contributed by atoms with Crippen molar-refractivity contribution >= 4 is 11.9 Å². The summed E-state index contributed by atoms with van der Waals surface area (Å²) in [4.78, 5) is 23.1. The summed E-state index contributed by atoms with van der Waals surface area (Å²) in [5, 5.41) is 10.5. The minimum Gasteiger partial charge on any atom is -0.469 e. The van der Waals surface area contributed by atoms with Gasteiger partial charge in [0.25, 0.3) is 0 Å². The molecule has 0 aromatic heterocycles. The molecule has 1 aromatic rings. The minimum absolute atomic E-state index is 0.127. The van der Waals surface area contributed by atoms with Crippen LogP contribution in [-0.4, -0.2) is 63.0 Å². The first kappa shape index (κ1) is 22.0. The number of carbonyl (C=O) groups is 2. The Labute approximate surface area is 152 Å². The fourth-order valence-corrected chi connectivity index (χ4v) is 2.40. The lowest BCUT2D eigenvalue weighted by atomic mass is 10.0. The molecule has 0 spiro atoms. The molecular weight excluding hydrogens is 344 g/mol. The van der Waals surface area contributed by atoms with Crippen LogP contribution in [0.4, 0.5) is 0 Å². The number of rotatable bonds is 11. The van der Waals surface area contributed by atoms with E-state index in [4.69, 9.17) is 18.9 Å². The van der Waals surface area contributed by atoms with Gasteiger partial charge in [-0.3, -0.25) is 9.59 Å². The molecule has 1 N–H and O–H groups in total. The molecule has 0 aliphatic rings. The van der Waals surface area contributed by atoms with Crippen molar-refractivity contribution in [1.29, 1.82) is 0 Å². The fraction of sp³-hybridized carbons (Fsp3) is 0.556. The average molecular weight is 370 g/mol. The molecule has 1 rings (SSSR count). The second-order valence-corrected chi connectivity index (χ2v) is 5.52. The molecule has 146 valence electrons. The van der Waals surface area contributed by atoms with Crippen LogP contribution in [0.15, 0.2) is 30.3 Å². The minimum atomic E-state index is -1.30. The SMILES string of the molecule is COC(=O)CC(O)C(OCc1ccccc1)C(OC(C)=O)C(OC)OC. The molecule has 8 heteroatoms. The largest absolute Gasteiger partial charge is 0.469 e. The Hall–Kier alpha value is -2.00. The third-order valence-electron chi connectivity index (χ3n) is 3.63. The molecule has 0 bridgehead atoms. The summed E-state index contributed by atoms with van der Waals surface area (Å²) >= 11 is 0. The zero-order valence-electron chi connectivity index (χ0n) is 15.4. The van der Waals surface area contributed by atoms with Crippen LogP contribution in [0.3, 0.4) is 0 Å².